The topological polar surface area (TPSA) is 23.5 Å². The second kappa shape index (κ2) is 4.75. The fourth-order valence-electron chi connectivity index (χ4n) is 3.11. The molecule has 1 unspecified atom stereocenters. The van der Waals surface area contributed by atoms with Gasteiger partial charge in [-0.05, 0) is 51.3 Å². The van der Waals surface area contributed by atoms with E-state index >= 15 is 0 Å². The largest absolute Gasteiger partial charge is 0.396 e. The highest BCUT2D eigenvalue weighted by atomic mass is 35.5. The van der Waals surface area contributed by atoms with Crippen LogP contribution in [0.3, 0.4) is 0 Å². The van der Waals surface area contributed by atoms with E-state index in [1.807, 2.05) is 6.07 Å². The molecule has 0 radical (unpaired) electrons. The first-order chi connectivity index (χ1) is 8.37. The van der Waals surface area contributed by atoms with Gasteiger partial charge in [0.05, 0.1) is 10.7 Å². The molecule has 1 heterocycles. The Morgan fingerprint density at radius 3 is 2.56 bits per heavy atom. The van der Waals surface area contributed by atoms with Gasteiger partial charge in [0.25, 0.3) is 0 Å². The van der Waals surface area contributed by atoms with Crippen molar-refractivity contribution >= 4 is 17.3 Å². The van der Waals surface area contributed by atoms with Crippen LogP contribution < -0.4 is 4.90 Å². The van der Waals surface area contributed by atoms with Gasteiger partial charge in [-0.1, -0.05) is 17.7 Å². The van der Waals surface area contributed by atoms with Crippen LogP contribution in [0.1, 0.15) is 31.4 Å². The lowest BCUT2D eigenvalue weighted by atomic mass is 9.88. The molecule has 1 atom stereocenters. The van der Waals surface area contributed by atoms with Crippen LogP contribution in [-0.2, 0) is 0 Å². The van der Waals surface area contributed by atoms with Gasteiger partial charge in [-0.25, -0.2) is 0 Å². The van der Waals surface area contributed by atoms with Crippen molar-refractivity contribution < 1.29 is 5.11 Å². The van der Waals surface area contributed by atoms with E-state index in [0.717, 1.165) is 23.7 Å². The van der Waals surface area contributed by atoms with E-state index in [-0.39, 0.29) is 12.1 Å². The summed E-state index contributed by atoms with van der Waals surface area (Å²) in [5, 5.41) is 10.3. The van der Waals surface area contributed by atoms with Crippen molar-refractivity contribution in [2.24, 2.45) is 5.92 Å². The summed E-state index contributed by atoms with van der Waals surface area (Å²) in [6, 6.07) is 4.19. The molecule has 18 heavy (non-hydrogen) atoms. The maximum atomic E-state index is 9.49. The molecule has 1 aliphatic heterocycles. The maximum Gasteiger partial charge on any atom is 0.0645 e. The summed E-state index contributed by atoms with van der Waals surface area (Å²) in [6.07, 6.45) is 1.02. The van der Waals surface area contributed by atoms with Gasteiger partial charge in [0, 0.05) is 24.6 Å². The van der Waals surface area contributed by atoms with Gasteiger partial charge in [-0.3, -0.25) is 0 Å². The summed E-state index contributed by atoms with van der Waals surface area (Å²) < 4.78 is 0. The van der Waals surface area contributed by atoms with Crippen molar-refractivity contribution in [2.45, 2.75) is 39.7 Å². The van der Waals surface area contributed by atoms with Crippen LogP contribution in [0, 0.1) is 19.8 Å². The highest BCUT2D eigenvalue weighted by molar-refractivity contribution is 6.33. The van der Waals surface area contributed by atoms with Gasteiger partial charge in [0.2, 0.25) is 0 Å². The van der Waals surface area contributed by atoms with Crippen LogP contribution in [0.15, 0.2) is 12.1 Å². The number of rotatable bonds is 2. The molecule has 1 aliphatic rings. The molecular formula is C15H22ClNO. The zero-order valence-electron chi connectivity index (χ0n) is 11.6. The molecule has 2 nitrogen and oxygen atoms in total. The molecule has 0 amide bonds. The molecular weight excluding hydrogens is 246 g/mol. The van der Waals surface area contributed by atoms with Crippen LogP contribution in [0.25, 0.3) is 0 Å². The van der Waals surface area contributed by atoms with E-state index in [1.165, 1.54) is 11.1 Å². The summed E-state index contributed by atoms with van der Waals surface area (Å²) in [6.45, 7) is 9.76. The number of hydrogen-bond acceptors (Lipinski definition) is 2. The summed E-state index contributed by atoms with van der Waals surface area (Å²) >= 11 is 6.43. The normalized spacial score (nSPS) is 22.6. The molecule has 0 aliphatic carbocycles. The van der Waals surface area contributed by atoms with Gasteiger partial charge in [0.1, 0.15) is 0 Å². The number of aliphatic hydroxyl groups is 1. The Hall–Kier alpha value is -0.730. The molecule has 1 N–H and O–H groups in total. The molecule has 1 aromatic rings. The second-order valence-corrected chi connectivity index (χ2v) is 6.29. The van der Waals surface area contributed by atoms with E-state index in [9.17, 15) is 5.11 Å². The Balaban J connectivity index is 2.45. The molecule has 1 saturated heterocycles. The summed E-state index contributed by atoms with van der Waals surface area (Å²) in [5.74, 6) is 0.314. The van der Waals surface area contributed by atoms with E-state index < -0.39 is 0 Å². The van der Waals surface area contributed by atoms with Crippen molar-refractivity contribution in [2.75, 3.05) is 18.1 Å². The Morgan fingerprint density at radius 2 is 2.06 bits per heavy atom. The molecule has 100 valence electrons. The third-order valence-corrected chi connectivity index (χ3v) is 4.57. The molecule has 0 aromatic heterocycles. The first kappa shape index (κ1) is 13.7. The molecule has 2 rings (SSSR count). The smallest absolute Gasteiger partial charge is 0.0645 e. The zero-order chi connectivity index (χ0) is 13.5. The van der Waals surface area contributed by atoms with Gasteiger partial charge < -0.3 is 10.0 Å². The summed E-state index contributed by atoms with van der Waals surface area (Å²) in [5.41, 5.74) is 3.49. The summed E-state index contributed by atoms with van der Waals surface area (Å²) in [4.78, 5) is 2.35. The lowest BCUT2D eigenvalue weighted by Crippen LogP contribution is -2.44. The average Bonchev–Trinajstić information content (AvgIpc) is 2.53. The third-order valence-electron chi connectivity index (χ3n) is 4.28. The van der Waals surface area contributed by atoms with E-state index in [4.69, 9.17) is 11.6 Å². The van der Waals surface area contributed by atoms with Crippen LogP contribution in [0.4, 0.5) is 5.69 Å². The van der Waals surface area contributed by atoms with E-state index in [0.29, 0.717) is 5.92 Å². The second-order valence-electron chi connectivity index (χ2n) is 5.89. The number of hydrogen-bond donors (Lipinski definition) is 1. The minimum atomic E-state index is -0.0432. The molecule has 0 saturated carbocycles. The predicted octanol–water partition coefficient (Wildman–Crippen LogP) is 3.55. The highest BCUT2D eigenvalue weighted by Crippen LogP contribution is 2.42. The monoisotopic (exact) mass is 267 g/mol. The van der Waals surface area contributed by atoms with Crippen molar-refractivity contribution in [1.29, 1.82) is 0 Å². The number of benzene rings is 1. The first-order valence-electron chi connectivity index (χ1n) is 6.53. The molecule has 1 aromatic carbocycles. The zero-order valence-corrected chi connectivity index (χ0v) is 12.4. The lowest BCUT2D eigenvalue weighted by Gasteiger charge is -2.38. The Morgan fingerprint density at radius 1 is 1.39 bits per heavy atom. The quantitative estimate of drug-likeness (QED) is 0.886. The first-order valence-corrected chi connectivity index (χ1v) is 6.91. The predicted molar refractivity (Wildman–Crippen MR) is 77.5 cm³/mol. The number of halogens is 1. The minimum Gasteiger partial charge on any atom is -0.396 e. The minimum absolute atomic E-state index is 0.0432. The highest BCUT2D eigenvalue weighted by Gasteiger charge is 2.41. The number of nitrogens with zero attached hydrogens (tertiary/aromatic N) is 1. The molecule has 1 fully saturated rings. The Kier molecular flexibility index (Phi) is 3.61. The SMILES string of the molecule is Cc1cc(C)c(N2CCC(CO)C2(C)C)c(Cl)c1. The van der Waals surface area contributed by atoms with Crippen molar-refractivity contribution in [3.63, 3.8) is 0 Å². The van der Waals surface area contributed by atoms with Crippen LogP contribution >= 0.6 is 11.6 Å². The van der Waals surface area contributed by atoms with Gasteiger partial charge in [0.15, 0.2) is 0 Å². The van der Waals surface area contributed by atoms with Gasteiger partial charge in [-0.2, -0.15) is 0 Å². The van der Waals surface area contributed by atoms with Crippen LogP contribution in [-0.4, -0.2) is 23.8 Å². The molecule has 0 spiro atoms. The Bertz CT molecular complexity index is 433. The van der Waals surface area contributed by atoms with E-state index in [1.54, 1.807) is 0 Å². The molecule has 0 bridgehead atoms. The maximum absolute atomic E-state index is 9.49. The number of aliphatic hydroxyl groups excluding tert-OH is 1. The number of anilines is 1. The van der Waals surface area contributed by atoms with Crippen LogP contribution in [0.5, 0.6) is 0 Å². The average molecular weight is 268 g/mol. The van der Waals surface area contributed by atoms with Crippen LogP contribution in [0.2, 0.25) is 5.02 Å². The van der Waals surface area contributed by atoms with Crippen molar-refractivity contribution in [1.82, 2.24) is 0 Å². The Labute approximate surface area is 115 Å². The fraction of sp³-hybridized carbons (Fsp3) is 0.600. The van der Waals surface area contributed by atoms with Crippen molar-refractivity contribution in [3.8, 4) is 0 Å². The standard InChI is InChI=1S/C15H22ClNO/c1-10-7-11(2)14(13(16)8-10)17-6-5-12(9-18)15(17,3)4/h7-8,12,18H,5-6,9H2,1-4H3. The van der Waals surface area contributed by atoms with E-state index in [2.05, 4.69) is 38.7 Å². The molecule has 3 heteroatoms. The summed E-state index contributed by atoms with van der Waals surface area (Å²) in [7, 11) is 0. The lowest BCUT2D eigenvalue weighted by molar-refractivity contribution is 0.189. The third kappa shape index (κ3) is 2.12. The van der Waals surface area contributed by atoms with Gasteiger partial charge in [-0.15, -0.1) is 0 Å². The fourth-order valence-corrected chi connectivity index (χ4v) is 3.53. The van der Waals surface area contributed by atoms with Crippen molar-refractivity contribution in [3.05, 3.63) is 28.3 Å². The van der Waals surface area contributed by atoms with Gasteiger partial charge >= 0.3 is 0 Å². The number of aryl methyl sites for hydroxylation is 2.